The number of hydrogen-bond donors (Lipinski definition) is 1. The zero-order valence-corrected chi connectivity index (χ0v) is 9.98. The topological polar surface area (TPSA) is 58.4 Å². The van der Waals surface area contributed by atoms with E-state index in [1.54, 1.807) is 6.20 Å². The molecule has 3 heterocycles. The van der Waals surface area contributed by atoms with Gasteiger partial charge in [0, 0.05) is 24.7 Å². The van der Waals surface area contributed by atoms with E-state index in [9.17, 15) is 4.79 Å². The van der Waals surface area contributed by atoms with E-state index >= 15 is 0 Å². The van der Waals surface area contributed by atoms with Crippen molar-refractivity contribution in [3.05, 3.63) is 17.5 Å². The first kappa shape index (κ1) is 10.8. The van der Waals surface area contributed by atoms with Crippen LogP contribution in [0.5, 0.6) is 0 Å². The lowest BCUT2D eigenvalue weighted by molar-refractivity contribution is 0.0743. The zero-order valence-electron chi connectivity index (χ0n) is 9.98. The molecule has 1 amide bonds. The average molecular weight is 235 g/mol. The van der Waals surface area contributed by atoms with Crippen molar-refractivity contribution >= 4 is 5.91 Å². The third-order valence-corrected chi connectivity index (χ3v) is 3.83. The number of piperidine rings is 1. The monoisotopic (exact) mass is 235 g/mol. The quantitative estimate of drug-likeness (QED) is 0.782. The van der Waals surface area contributed by atoms with Crippen molar-refractivity contribution in [3.8, 4) is 0 Å². The van der Waals surface area contributed by atoms with Gasteiger partial charge in [-0.05, 0) is 32.2 Å². The van der Waals surface area contributed by atoms with Gasteiger partial charge in [0.05, 0.1) is 6.20 Å². The number of rotatable bonds is 1. The molecule has 5 heteroatoms. The van der Waals surface area contributed by atoms with Gasteiger partial charge in [-0.3, -0.25) is 4.79 Å². The molecular formula is C12H17N3O2. The maximum atomic E-state index is 12.2. The molecular weight excluding hydrogens is 218 g/mol. The lowest BCUT2D eigenvalue weighted by Crippen LogP contribution is -2.41. The molecule has 0 aromatic carbocycles. The van der Waals surface area contributed by atoms with Crippen molar-refractivity contribution in [1.82, 2.24) is 15.4 Å². The minimum Gasteiger partial charge on any atom is -0.351 e. The van der Waals surface area contributed by atoms with Crippen LogP contribution in [0.3, 0.4) is 0 Å². The minimum atomic E-state index is -0.0174. The second-order valence-electron chi connectivity index (χ2n) is 5.01. The van der Waals surface area contributed by atoms with Crippen molar-refractivity contribution < 1.29 is 9.32 Å². The first-order valence-electron chi connectivity index (χ1n) is 6.19. The molecule has 2 fully saturated rings. The fraction of sp³-hybridized carbons (Fsp3) is 0.667. The van der Waals surface area contributed by atoms with Gasteiger partial charge < -0.3 is 14.7 Å². The van der Waals surface area contributed by atoms with Crippen LogP contribution in [0, 0.1) is 12.8 Å². The summed E-state index contributed by atoms with van der Waals surface area (Å²) >= 11 is 0. The van der Waals surface area contributed by atoms with Gasteiger partial charge >= 0.3 is 0 Å². The number of aromatic nitrogens is 1. The van der Waals surface area contributed by atoms with Crippen molar-refractivity contribution in [2.45, 2.75) is 25.8 Å². The first-order valence-corrected chi connectivity index (χ1v) is 6.19. The predicted octanol–water partition coefficient (Wildman–Crippen LogP) is 0.807. The molecule has 5 nitrogen and oxygen atoms in total. The van der Waals surface area contributed by atoms with E-state index < -0.39 is 0 Å². The van der Waals surface area contributed by atoms with E-state index in [0.717, 1.165) is 25.2 Å². The molecule has 2 saturated heterocycles. The summed E-state index contributed by atoms with van der Waals surface area (Å²) in [6.45, 7) is 4.57. The molecule has 2 aliphatic heterocycles. The SMILES string of the molecule is Cc1cnoc1C(=O)N1CC2CCCNC2C1. The zero-order chi connectivity index (χ0) is 11.8. The summed E-state index contributed by atoms with van der Waals surface area (Å²) in [5.74, 6) is 0.982. The Balaban J connectivity index is 1.74. The molecule has 3 rings (SSSR count). The van der Waals surface area contributed by atoms with Gasteiger partial charge in [0.1, 0.15) is 0 Å². The maximum Gasteiger partial charge on any atom is 0.292 e. The molecule has 0 saturated carbocycles. The van der Waals surface area contributed by atoms with Gasteiger partial charge in [0.2, 0.25) is 5.76 Å². The van der Waals surface area contributed by atoms with Crippen molar-refractivity contribution in [2.75, 3.05) is 19.6 Å². The molecule has 1 N–H and O–H groups in total. The van der Waals surface area contributed by atoms with Crippen molar-refractivity contribution in [1.29, 1.82) is 0 Å². The van der Waals surface area contributed by atoms with E-state index in [1.807, 2.05) is 11.8 Å². The summed E-state index contributed by atoms with van der Waals surface area (Å²) in [5, 5.41) is 7.15. The van der Waals surface area contributed by atoms with E-state index in [1.165, 1.54) is 12.8 Å². The number of carbonyl (C=O) groups is 1. The molecule has 0 spiro atoms. The van der Waals surface area contributed by atoms with Gasteiger partial charge in [0.25, 0.3) is 5.91 Å². The lowest BCUT2D eigenvalue weighted by atomic mass is 9.94. The van der Waals surface area contributed by atoms with Crippen LogP contribution in [0.25, 0.3) is 0 Å². The summed E-state index contributed by atoms with van der Waals surface area (Å²) in [6.07, 6.45) is 4.02. The normalized spacial score (nSPS) is 28.2. The molecule has 2 aliphatic rings. The Kier molecular flexibility index (Phi) is 2.63. The highest BCUT2D eigenvalue weighted by Gasteiger charge is 2.37. The lowest BCUT2D eigenvalue weighted by Gasteiger charge is -2.24. The fourth-order valence-corrected chi connectivity index (χ4v) is 2.85. The summed E-state index contributed by atoms with van der Waals surface area (Å²) in [7, 11) is 0. The van der Waals surface area contributed by atoms with Crippen molar-refractivity contribution in [3.63, 3.8) is 0 Å². The predicted molar refractivity (Wildman–Crippen MR) is 61.7 cm³/mol. The highest BCUT2D eigenvalue weighted by Crippen LogP contribution is 2.26. The number of nitrogens with zero attached hydrogens (tertiary/aromatic N) is 2. The number of amides is 1. The standard InChI is InChI=1S/C12H17N3O2/c1-8-5-14-17-11(8)12(16)15-6-9-3-2-4-13-10(9)7-15/h5,9-10,13H,2-4,6-7H2,1H3. The molecule has 2 atom stereocenters. The Morgan fingerprint density at radius 1 is 1.59 bits per heavy atom. The number of likely N-dealkylation sites (tertiary alicyclic amines) is 1. The molecule has 17 heavy (non-hydrogen) atoms. The van der Waals surface area contributed by atoms with Crippen LogP contribution < -0.4 is 5.32 Å². The van der Waals surface area contributed by atoms with Crippen LogP contribution in [0.1, 0.15) is 29.0 Å². The molecule has 2 unspecified atom stereocenters. The number of hydrogen-bond acceptors (Lipinski definition) is 4. The summed E-state index contributed by atoms with van der Waals surface area (Å²) < 4.78 is 5.03. The van der Waals surface area contributed by atoms with E-state index in [0.29, 0.717) is 17.7 Å². The molecule has 0 bridgehead atoms. The van der Waals surface area contributed by atoms with Crippen LogP contribution >= 0.6 is 0 Å². The van der Waals surface area contributed by atoms with Crippen molar-refractivity contribution in [2.24, 2.45) is 5.92 Å². The highest BCUT2D eigenvalue weighted by molar-refractivity contribution is 5.92. The van der Waals surface area contributed by atoms with Crippen LogP contribution in [0.15, 0.2) is 10.7 Å². The molecule has 0 radical (unpaired) electrons. The summed E-state index contributed by atoms with van der Waals surface area (Å²) in [6, 6.07) is 0.468. The maximum absolute atomic E-state index is 12.2. The van der Waals surface area contributed by atoms with Crippen LogP contribution in [0.4, 0.5) is 0 Å². The molecule has 92 valence electrons. The first-order chi connectivity index (χ1) is 8.25. The van der Waals surface area contributed by atoms with Crippen LogP contribution in [0.2, 0.25) is 0 Å². The molecule has 1 aromatic rings. The Morgan fingerprint density at radius 2 is 2.47 bits per heavy atom. The van der Waals surface area contributed by atoms with E-state index in [2.05, 4.69) is 10.5 Å². The van der Waals surface area contributed by atoms with E-state index in [-0.39, 0.29) is 5.91 Å². The summed E-state index contributed by atoms with van der Waals surface area (Å²) in [5.41, 5.74) is 0.817. The van der Waals surface area contributed by atoms with Gasteiger partial charge in [-0.15, -0.1) is 0 Å². The number of aryl methyl sites for hydroxylation is 1. The second kappa shape index (κ2) is 4.14. The van der Waals surface area contributed by atoms with Gasteiger partial charge in [-0.1, -0.05) is 5.16 Å². The van der Waals surface area contributed by atoms with E-state index in [4.69, 9.17) is 4.52 Å². The smallest absolute Gasteiger partial charge is 0.292 e. The Labute approximate surface area is 100 Å². The van der Waals surface area contributed by atoms with Crippen LogP contribution in [-0.2, 0) is 0 Å². The Morgan fingerprint density at radius 3 is 3.18 bits per heavy atom. The van der Waals surface area contributed by atoms with Gasteiger partial charge in [-0.25, -0.2) is 0 Å². The highest BCUT2D eigenvalue weighted by atomic mass is 16.5. The summed E-state index contributed by atoms with van der Waals surface area (Å²) in [4.78, 5) is 14.1. The average Bonchev–Trinajstić information content (AvgIpc) is 2.93. The molecule has 0 aliphatic carbocycles. The Bertz CT molecular complexity index is 415. The minimum absolute atomic E-state index is 0.0174. The second-order valence-corrected chi connectivity index (χ2v) is 5.01. The number of fused-ring (bicyclic) bond motifs is 1. The van der Waals surface area contributed by atoms with Crippen LogP contribution in [-0.4, -0.2) is 41.6 Å². The third kappa shape index (κ3) is 1.84. The third-order valence-electron chi connectivity index (χ3n) is 3.83. The van der Waals surface area contributed by atoms with Gasteiger partial charge in [-0.2, -0.15) is 0 Å². The largest absolute Gasteiger partial charge is 0.351 e. The van der Waals surface area contributed by atoms with Gasteiger partial charge in [0.15, 0.2) is 0 Å². The fourth-order valence-electron chi connectivity index (χ4n) is 2.85. The number of nitrogens with one attached hydrogen (secondary N) is 1. The Hall–Kier alpha value is -1.36. The molecule has 1 aromatic heterocycles. The number of carbonyl (C=O) groups excluding carboxylic acids is 1.